The monoisotopic (exact) mass is 252 g/mol. The van der Waals surface area contributed by atoms with Gasteiger partial charge in [-0.05, 0) is 38.1 Å². The summed E-state index contributed by atoms with van der Waals surface area (Å²) in [6.07, 6.45) is 12.7. The molecular formula is C15H28N2O. The number of rotatable bonds is 3. The molecule has 1 saturated heterocycles. The number of amides is 1. The maximum absolute atomic E-state index is 12.1. The van der Waals surface area contributed by atoms with E-state index in [1.54, 1.807) is 0 Å². The first-order valence-electron chi connectivity index (χ1n) is 7.87. The summed E-state index contributed by atoms with van der Waals surface area (Å²) in [6.45, 7) is 1.90. The van der Waals surface area contributed by atoms with Crippen molar-refractivity contribution < 1.29 is 4.79 Å². The lowest BCUT2D eigenvalue weighted by Crippen LogP contribution is -2.46. The summed E-state index contributed by atoms with van der Waals surface area (Å²) in [6, 6.07) is 0.0638. The summed E-state index contributed by atoms with van der Waals surface area (Å²) < 4.78 is 0. The van der Waals surface area contributed by atoms with E-state index in [1.807, 2.05) is 0 Å². The van der Waals surface area contributed by atoms with Crippen LogP contribution in [0.25, 0.3) is 0 Å². The van der Waals surface area contributed by atoms with Crippen LogP contribution in [-0.2, 0) is 4.79 Å². The molecule has 2 N–H and O–H groups in total. The van der Waals surface area contributed by atoms with E-state index in [0.29, 0.717) is 0 Å². The van der Waals surface area contributed by atoms with Crippen molar-refractivity contribution in [2.75, 3.05) is 13.1 Å². The summed E-state index contributed by atoms with van der Waals surface area (Å²) in [5.74, 6) is 0.971. The van der Waals surface area contributed by atoms with Crippen molar-refractivity contribution in [3.8, 4) is 0 Å². The van der Waals surface area contributed by atoms with Gasteiger partial charge in [0, 0.05) is 6.54 Å². The molecular weight excluding hydrogens is 224 g/mol. The Bertz CT molecular complexity index is 241. The quantitative estimate of drug-likeness (QED) is 0.810. The minimum absolute atomic E-state index is 0.0638. The molecule has 18 heavy (non-hydrogen) atoms. The van der Waals surface area contributed by atoms with Gasteiger partial charge in [-0.2, -0.15) is 0 Å². The van der Waals surface area contributed by atoms with Gasteiger partial charge in [-0.15, -0.1) is 0 Å². The molecule has 1 aliphatic heterocycles. The van der Waals surface area contributed by atoms with Crippen LogP contribution in [0.5, 0.6) is 0 Å². The van der Waals surface area contributed by atoms with E-state index in [1.165, 1.54) is 57.8 Å². The molecule has 0 aromatic carbocycles. The maximum atomic E-state index is 12.1. The molecule has 1 heterocycles. The first-order chi connectivity index (χ1) is 8.86. The van der Waals surface area contributed by atoms with E-state index in [-0.39, 0.29) is 11.9 Å². The smallest absolute Gasteiger partial charge is 0.237 e. The Kier molecular flexibility index (Phi) is 5.98. The van der Waals surface area contributed by atoms with Crippen molar-refractivity contribution in [1.82, 2.24) is 10.6 Å². The molecule has 2 fully saturated rings. The van der Waals surface area contributed by atoms with E-state index in [2.05, 4.69) is 10.6 Å². The molecule has 3 nitrogen and oxygen atoms in total. The van der Waals surface area contributed by atoms with E-state index >= 15 is 0 Å². The molecule has 2 aliphatic rings. The highest BCUT2D eigenvalue weighted by Crippen LogP contribution is 2.22. The van der Waals surface area contributed by atoms with Crippen LogP contribution in [-0.4, -0.2) is 25.0 Å². The fourth-order valence-corrected chi connectivity index (χ4v) is 3.19. The lowest BCUT2D eigenvalue weighted by Gasteiger charge is -2.24. The molecule has 0 spiro atoms. The van der Waals surface area contributed by atoms with E-state index in [4.69, 9.17) is 0 Å². The molecule has 1 aliphatic carbocycles. The molecule has 0 aromatic rings. The summed E-state index contributed by atoms with van der Waals surface area (Å²) in [5.41, 5.74) is 0. The molecule has 1 atom stereocenters. The third-order valence-corrected chi connectivity index (χ3v) is 4.42. The topological polar surface area (TPSA) is 41.1 Å². The van der Waals surface area contributed by atoms with Crippen LogP contribution in [0.2, 0.25) is 0 Å². The first kappa shape index (κ1) is 13.9. The second kappa shape index (κ2) is 7.78. The first-order valence-corrected chi connectivity index (χ1v) is 7.87. The third kappa shape index (κ3) is 4.60. The largest absolute Gasteiger partial charge is 0.354 e. The van der Waals surface area contributed by atoms with Gasteiger partial charge in [0.1, 0.15) is 0 Å². The van der Waals surface area contributed by atoms with Gasteiger partial charge >= 0.3 is 0 Å². The standard InChI is InChI=1S/C15H28N2O/c18-15(14-10-6-1-2-7-11-16-14)17-12-13-8-4-3-5-9-13/h13-14,16H,1-12H2,(H,17,18). The van der Waals surface area contributed by atoms with Crippen molar-refractivity contribution in [3.05, 3.63) is 0 Å². The molecule has 0 aromatic heterocycles. The minimum Gasteiger partial charge on any atom is -0.354 e. The molecule has 0 bridgehead atoms. The van der Waals surface area contributed by atoms with Crippen molar-refractivity contribution >= 4 is 5.91 Å². The van der Waals surface area contributed by atoms with Crippen molar-refractivity contribution in [2.45, 2.75) is 70.3 Å². The van der Waals surface area contributed by atoms with Gasteiger partial charge in [-0.1, -0.05) is 38.5 Å². The number of hydrogen-bond donors (Lipinski definition) is 2. The number of hydrogen-bond acceptors (Lipinski definition) is 2. The fraction of sp³-hybridized carbons (Fsp3) is 0.933. The highest BCUT2D eigenvalue weighted by molar-refractivity contribution is 5.81. The van der Waals surface area contributed by atoms with Crippen molar-refractivity contribution in [1.29, 1.82) is 0 Å². The molecule has 1 unspecified atom stereocenters. The van der Waals surface area contributed by atoms with Crippen molar-refractivity contribution in [2.24, 2.45) is 5.92 Å². The zero-order valence-electron chi connectivity index (χ0n) is 11.5. The van der Waals surface area contributed by atoms with Gasteiger partial charge in [0.2, 0.25) is 5.91 Å². The van der Waals surface area contributed by atoms with Gasteiger partial charge in [-0.3, -0.25) is 4.79 Å². The molecule has 1 amide bonds. The summed E-state index contributed by atoms with van der Waals surface area (Å²) in [4.78, 5) is 12.1. The Morgan fingerprint density at radius 2 is 1.61 bits per heavy atom. The summed E-state index contributed by atoms with van der Waals surface area (Å²) in [7, 11) is 0. The molecule has 104 valence electrons. The Balaban J connectivity index is 1.68. The predicted molar refractivity (Wildman–Crippen MR) is 74.5 cm³/mol. The van der Waals surface area contributed by atoms with Crippen molar-refractivity contribution in [3.63, 3.8) is 0 Å². The zero-order chi connectivity index (χ0) is 12.6. The van der Waals surface area contributed by atoms with Gasteiger partial charge < -0.3 is 10.6 Å². The molecule has 3 heteroatoms. The third-order valence-electron chi connectivity index (χ3n) is 4.42. The average Bonchev–Trinajstić information content (AvgIpc) is 2.37. The lowest BCUT2D eigenvalue weighted by molar-refractivity contribution is -0.123. The number of carbonyl (C=O) groups excluding carboxylic acids is 1. The Labute approximate surface area is 111 Å². The van der Waals surface area contributed by atoms with Crippen LogP contribution in [0, 0.1) is 5.92 Å². The van der Waals surface area contributed by atoms with Crippen LogP contribution in [0.4, 0.5) is 0 Å². The van der Waals surface area contributed by atoms with Gasteiger partial charge in [-0.25, -0.2) is 0 Å². The summed E-state index contributed by atoms with van der Waals surface area (Å²) >= 11 is 0. The van der Waals surface area contributed by atoms with E-state index in [9.17, 15) is 4.79 Å². The normalized spacial score (nSPS) is 27.2. The SMILES string of the molecule is O=C(NCC1CCCCC1)C1CCCCCCN1. The second-order valence-corrected chi connectivity index (χ2v) is 5.96. The molecule has 0 radical (unpaired) electrons. The fourth-order valence-electron chi connectivity index (χ4n) is 3.19. The van der Waals surface area contributed by atoms with E-state index < -0.39 is 0 Å². The highest BCUT2D eigenvalue weighted by Gasteiger charge is 2.20. The molecule has 1 saturated carbocycles. The Morgan fingerprint density at radius 1 is 0.944 bits per heavy atom. The van der Waals surface area contributed by atoms with Crippen LogP contribution in [0.3, 0.4) is 0 Å². The van der Waals surface area contributed by atoms with Gasteiger partial charge in [0.15, 0.2) is 0 Å². The molecule has 2 rings (SSSR count). The lowest BCUT2D eigenvalue weighted by atomic mass is 9.89. The minimum atomic E-state index is 0.0638. The van der Waals surface area contributed by atoms with Gasteiger partial charge in [0.05, 0.1) is 6.04 Å². The Hall–Kier alpha value is -0.570. The van der Waals surface area contributed by atoms with Crippen LogP contribution < -0.4 is 10.6 Å². The zero-order valence-corrected chi connectivity index (χ0v) is 11.5. The number of nitrogens with one attached hydrogen (secondary N) is 2. The average molecular weight is 252 g/mol. The summed E-state index contributed by atoms with van der Waals surface area (Å²) in [5, 5.41) is 6.57. The van der Waals surface area contributed by atoms with Crippen LogP contribution >= 0.6 is 0 Å². The van der Waals surface area contributed by atoms with Crippen LogP contribution in [0.1, 0.15) is 64.2 Å². The second-order valence-electron chi connectivity index (χ2n) is 5.96. The predicted octanol–water partition coefficient (Wildman–Crippen LogP) is 2.61. The highest BCUT2D eigenvalue weighted by atomic mass is 16.2. The van der Waals surface area contributed by atoms with Crippen LogP contribution in [0.15, 0.2) is 0 Å². The Morgan fingerprint density at radius 3 is 2.44 bits per heavy atom. The van der Waals surface area contributed by atoms with E-state index in [0.717, 1.165) is 25.4 Å². The number of carbonyl (C=O) groups is 1. The van der Waals surface area contributed by atoms with Gasteiger partial charge in [0.25, 0.3) is 0 Å². The maximum Gasteiger partial charge on any atom is 0.237 e.